The molecule has 46 heavy (non-hydrogen) atoms. The minimum absolute atomic E-state index is 1.11. The van der Waals surface area contributed by atoms with Gasteiger partial charge in [-0.05, 0) is 88.5 Å². The van der Waals surface area contributed by atoms with Crippen LogP contribution < -0.4 is 0 Å². The highest BCUT2D eigenvalue weighted by atomic mass is 32.1. The predicted octanol–water partition coefficient (Wildman–Crippen LogP) is 14.9. The quantitative estimate of drug-likeness (QED) is 0.133. The fourth-order valence-corrected chi connectivity index (χ4v) is 9.97. The van der Waals surface area contributed by atoms with E-state index in [0.29, 0.717) is 0 Å². The van der Waals surface area contributed by atoms with Crippen molar-refractivity contribution in [2.75, 3.05) is 0 Å². The molecule has 0 amide bonds. The molecule has 0 nitrogen and oxygen atoms in total. The van der Waals surface area contributed by atoms with E-state index in [-0.39, 0.29) is 0 Å². The molecule has 3 aromatic heterocycles. The van der Waals surface area contributed by atoms with E-state index < -0.39 is 0 Å². The fourth-order valence-electron chi connectivity index (χ4n) is 5.88. The Morgan fingerprint density at radius 3 is 1.80 bits per heavy atom. The molecule has 0 N–H and O–H groups in total. The molecule has 3 heteroatoms. The second-order valence-corrected chi connectivity index (χ2v) is 13.7. The molecule has 1 aromatic carbocycles. The van der Waals surface area contributed by atoms with Crippen LogP contribution in [0, 0.1) is 6.92 Å². The van der Waals surface area contributed by atoms with Gasteiger partial charge >= 0.3 is 0 Å². The molecular formula is C43H44S3. The van der Waals surface area contributed by atoms with Gasteiger partial charge in [-0.1, -0.05) is 111 Å². The van der Waals surface area contributed by atoms with E-state index in [9.17, 15) is 0 Å². The van der Waals surface area contributed by atoms with Crippen LogP contribution in [0.25, 0.3) is 63.3 Å². The van der Waals surface area contributed by atoms with Gasteiger partial charge in [0.2, 0.25) is 0 Å². The van der Waals surface area contributed by atoms with Gasteiger partial charge in [-0.3, -0.25) is 0 Å². The summed E-state index contributed by atoms with van der Waals surface area (Å²) in [5.41, 5.74) is 10.8. The maximum Gasteiger partial charge on any atom is 0.0434 e. The third-order valence-corrected chi connectivity index (χ3v) is 11.7. The SMILES string of the molecule is C=Cc1c(/C=C\C)sc(C(=C\C=C/C)/C(=C/C)c2sc(/C(=C\C)c3cccc4c(/C=C\C)c(/C=C\C)sc34)c(C=C)c2C=C)c1C. The first-order valence-electron chi connectivity index (χ1n) is 15.7. The van der Waals surface area contributed by atoms with Crippen molar-refractivity contribution >= 4 is 97.3 Å². The van der Waals surface area contributed by atoms with Gasteiger partial charge in [0.05, 0.1) is 0 Å². The molecule has 3 heterocycles. The number of allylic oxidation sites excluding steroid dienone is 10. The smallest absolute Gasteiger partial charge is 0.0434 e. The van der Waals surface area contributed by atoms with Crippen LogP contribution in [-0.2, 0) is 0 Å². The van der Waals surface area contributed by atoms with Crippen molar-refractivity contribution in [2.45, 2.75) is 48.5 Å². The van der Waals surface area contributed by atoms with Gasteiger partial charge in [-0.25, -0.2) is 0 Å². The van der Waals surface area contributed by atoms with Crippen molar-refractivity contribution in [3.8, 4) is 0 Å². The third kappa shape index (κ3) is 6.46. The van der Waals surface area contributed by atoms with E-state index in [1.165, 1.54) is 73.4 Å². The lowest BCUT2D eigenvalue weighted by atomic mass is 9.93. The third-order valence-electron chi connectivity index (χ3n) is 7.92. The second-order valence-electron chi connectivity index (χ2n) is 10.6. The summed E-state index contributed by atoms with van der Waals surface area (Å²) in [5, 5.41) is 1.28. The maximum atomic E-state index is 4.31. The number of rotatable bonds is 12. The van der Waals surface area contributed by atoms with Gasteiger partial charge in [0.25, 0.3) is 0 Å². The lowest BCUT2D eigenvalue weighted by Gasteiger charge is -2.12. The highest BCUT2D eigenvalue weighted by Gasteiger charge is 2.25. The molecule has 4 aromatic rings. The first kappa shape index (κ1) is 34.8. The largest absolute Gasteiger partial charge is 0.135 e. The Balaban J connectivity index is 2.01. The zero-order chi connectivity index (χ0) is 33.4. The van der Waals surface area contributed by atoms with Crippen LogP contribution in [0.3, 0.4) is 0 Å². The molecular weight excluding hydrogens is 613 g/mol. The Hall–Kier alpha value is -4.02. The van der Waals surface area contributed by atoms with E-state index in [4.69, 9.17) is 0 Å². The van der Waals surface area contributed by atoms with E-state index >= 15 is 0 Å². The van der Waals surface area contributed by atoms with Gasteiger partial charge in [0, 0.05) is 56.7 Å². The number of hydrogen-bond acceptors (Lipinski definition) is 3. The Labute approximate surface area is 288 Å². The van der Waals surface area contributed by atoms with Crippen molar-refractivity contribution in [1.29, 1.82) is 0 Å². The van der Waals surface area contributed by atoms with E-state index in [1.54, 1.807) is 0 Å². The Bertz CT molecular complexity index is 1990. The number of hydrogen-bond donors (Lipinski definition) is 0. The van der Waals surface area contributed by atoms with Gasteiger partial charge in [0.1, 0.15) is 0 Å². The molecule has 0 bridgehead atoms. The van der Waals surface area contributed by atoms with Crippen LogP contribution in [0.15, 0.2) is 86.5 Å². The van der Waals surface area contributed by atoms with Gasteiger partial charge in [-0.15, -0.1) is 34.0 Å². The minimum atomic E-state index is 1.11. The molecule has 0 aliphatic carbocycles. The molecule has 0 aliphatic rings. The van der Waals surface area contributed by atoms with E-state index in [1.807, 2.05) is 52.2 Å². The van der Waals surface area contributed by atoms with Crippen molar-refractivity contribution < 1.29 is 0 Å². The van der Waals surface area contributed by atoms with Crippen LogP contribution in [0.5, 0.6) is 0 Å². The predicted molar refractivity (Wildman–Crippen MR) is 219 cm³/mol. The zero-order valence-electron chi connectivity index (χ0n) is 28.2. The summed E-state index contributed by atoms with van der Waals surface area (Å²) >= 11 is 5.50. The minimum Gasteiger partial charge on any atom is -0.135 e. The normalized spacial score (nSPS) is 13.4. The Morgan fingerprint density at radius 1 is 0.609 bits per heavy atom. The van der Waals surface area contributed by atoms with Crippen LogP contribution >= 0.6 is 34.0 Å². The Morgan fingerprint density at radius 2 is 1.24 bits per heavy atom. The lowest BCUT2D eigenvalue weighted by Crippen LogP contribution is -1.91. The summed E-state index contributed by atoms with van der Waals surface area (Å²) in [5.74, 6) is 0. The van der Waals surface area contributed by atoms with Gasteiger partial charge < -0.3 is 0 Å². The summed E-state index contributed by atoms with van der Waals surface area (Å²) in [7, 11) is 0. The summed E-state index contributed by atoms with van der Waals surface area (Å²) in [4.78, 5) is 6.16. The average Bonchev–Trinajstić information content (AvgIpc) is 3.71. The molecule has 0 spiro atoms. The summed E-state index contributed by atoms with van der Waals surface area (Å²) in [6, 6.07) is 6.69. The number of thiophene rings is 3. The summed E-state index contributed by atoms with van der Waals surface area (Å²) in [6.07, 6.45) is 29.9. The standard InChI is InChI=1S/C43H44S3/c1-11-20-25-35(40-28(10)29(15-5)38(44-40)23-13-3)32(18-8)41-30(16-6)31(17-7)42(46-41)33(19-9)36-26-21-27-37-34(22-12-2)39(24-14-4)45-43(36)37/h11-27H,5-7H2,1-4,8-10H3/b20-11-,22-12-,23-13-,24-14-,32-18-,33-19-,35-25-. The van der Waals surface area contributed by atoms with E-state index in [0.717, 1.165) is 11.1 Å². The molecule has 0 saturated heterocycles. The summed E-state index contributed by atoms with van der Waals surface area (Å²) in [6.45, 7) is 27.5. The highest BCUT2D eigenvalue weighted by Crippen LogP contribution is 2.49. The van der Waals surface area contributed by atoms with Crippen molar-refractivity contribution in [3.05, 3.63) is 144 Å². The number of fused-ring (bicyclic) bond motifs is 1. The first-order valence-corrected chi connectivity index (χ1v) is 18.1. The number of benzene rings is 1. The first-order chi connectivity index (χ1) is 22.4. The van der Waals surface area contributed by atoms with Crippen LogP contribution in [0.4, 0.5) is 0 Å². The van der Waals surface area contributed by atoms with Crippen molar-refractivity contribution in [2.24, 2.45) is 0 Å². The average molecular weight is 657 g/mol. The van der Waals surface area contributed by atoms with Crippen molar-refractivity contribution in [3.63, 3.8) is 0 Å². The van der Waals surface area contributed by atoms with Crippen LogP contribution in [0.1, 0.15) is 99.3 Å². The molecule has 0 atom stereocenters. The molecule has 4 rings (SSSR count). The summed E-state index contributed by atoms with van der Waals surface area (Å²) < 4.78 is 1.30. The molecule has 0 radical (unpaired) electrons. The molecule has 0 fully saturated rings. The maximum absolute atomic E-state index is 4.31. The molecule has 234 valence electrons. The molecule has 0 saturated carbocycles. The second kappa shape index (κ2) is 16.0. The molecule has 0 aliphatic heterocycles. The van der Waals surface area contributed by atoms with Crippen molar-refractivity contribution in [1.82, 2.24) is 0 Å². The van der Waals surface area contributed by atoms with Gasteiger partial charge in [-0.2, -0.15) is 0 Å². The van der Waals surface area contributed by atoms with Gasteiger partial charge in [0.15, 0.2) is 0 Å². The highest BCUT2D eigenvalue weighted by molar-refractivity contribution is 7.20. The topological polar surface area (TPSA) is 0 Å². The van der Waals surface area contributed by atoms with E-state index in [2.05, 4.69) is 153 Å². The van der Waals surface area contributed by atoms with Crippen LogP contribution in [-0.4, -0.2) is 0 Å². The fraction of sp³-hybridized carbons (Fsp3) is 0.163. The zero-order valence-corrected chi connectivity index (χ0v) is 30.6. The lowest BCUT2D eigenvalue weighted by molar-refractivity contribution is 1.49. The monoisotopic (exact) mass is 656 g/mol. The van der Waals surface area contributed by atoms with Crippen LogP contribution in [0.2, 0.25) is 0 Å². The Kier molecular flexibility index (Phi) is 12.1. The molecule has 0 unspecified atom stereocenters.